The van der Waals surface area contributed by atoms with Crippen LogP contribution in [0.25, 0.3) is 10.9 Å². The quantitative estimate of drug-likeness (QED) is 0.445. The zero-order chi connectivity index (χ0) is 21.5. The van der Waals surface area contributed by atoms with E-state index in [4.69, 9.17) is 4.74 Å². The average molecular weight is 426 g/mol. The van der Waals surface area contributed by atoms with E-state index in [0.717, 1.165) is 23.7 Å². The van der Waals surface area contributed by atoms with Gasteiger partial charge in [0.25, 0.3) is 0 Å². The number of fused-ring (bicyclic) bond motifs is 1. The Labute approximate surface area is 174 Å². The summed E-state index contributed by atoms with van der Waals surface area (Å²) < 4.78 is 32.4. The van der Waals surface area contributed by atoms with Crippen molar-refractivity contribution < 1.29 is 22.7 Å². The van der Waals surface area contributed by atoms with Gasteiger partial charge in [-0.2, -0.15) is 0 Å². The van der Waals surface area contributed by atoms with Gasteiger partial charge >= 0.3 is 5.97 Å². The maximum absolute atomic E-state index is 12.9. The molecule has 1 aliphatic carbocycles. The highest BCUT2D eigenvalue weighted by Gasteiger charge is 2.28. The Morgan fingerprint density at radius 1 is 1.10 bits per heavy atom. The fourth-order valence-electron chi connectivity index (χ4n) is 3.34. The van der Waals surface area contributed by atoms with E-state index in [2.05, 4.69) is 9.71 Å². The van der Waals surface area contributed by atoms with Crippen molar-refractivity contribution in [2.75, 3.05) is 0 Å². The van der Waals surface area contributed by atoms with Gasteiger partial charge in [0.1, 0.15) is 0 Å². The minimum absolute atomic E-state index is 0.000488. The largest absolute Gasteiger partial charge is 0.451 e. The van der Waals surface area contributed by atoms with Crippen LogP contribution in [-0.4, -0.2) is 37.3 Å². The van der Waals surface area contributed by atoms with E-state index in [1.54, 1.807) is 6.92 Å². The van der Waals surface area contributed by atoms with Crippen LogP contribution in [0.5, 0.6) is 0 Å². The van der Waals surface area contributed by atoms with Crippen LogP contribution in [0.4, 0.5) is 0 Å². The molecule has 156 valence electrons. The van der Waals surface area contributed by atoms with Crippen LogP contribution in [0.2, 0.25) is 0 Å². The number of ether oxygens (including phenoxy) is 1. The number of para-hydroxylation sites is 1. The Balaban J connectivity index is 1.47. The summed E-state index contributed by atoms with van der Waals surface area (Å²) in [6.07, 6.45) is 0.687. The first kappa shape index (κ1) is 20.3. The highest BCUT2D eigenvalue weighted by Crippen LogP contribution is 2.25. The maximum atomic E-state index is 12.9. The fourth-order valence-corrected chi connectivity index (χ4v) is 4.64. The summed E-state index contributed by atoms with van der Waals surface area (Å²) >= 11 is 0. The molecule has 2 aromatic carbocycles. The topological polar surface area (TPSA) is 105 Å². The zero-order valence-corrected chi connectivity index (χ0v) is 17.5. The Morgan fingerprint density at radius 2 is 1.77 bits per heavy atom. The number of benzene rings is 2. The molecular formula is C22H22N2O5S. The summed E-state index contributed by atoms with van der Waals surface area (Å²) in [6.45, 7) is 3.33. The summed E-state index contributed by atoms with van der Waals surface area (Å²) in [5.74, 6) is -0.987. The first-order chi connectivity index (χ1) is 14.3. The monoisotopic (exact) mass is 426 g/mol. The molecule has 1 unspecified atom stereocenters. The summed E-state index contributed by atoms with van der Waals surface area (Å²) in [7, 11) is -3.59. The van der Waals surface area contributed by atoms with Crippen molar-refractivity contribution in [1.29, 1.82) is 0 Å². The van der Waals surface area contributed by atoms with Crippen LogP contribution in [0.15, 0.2) is 53.4 Å². The van der Waals surface area contributed by atoms with Crippen LogP contribution in [0, 0.1) is 6.92 Å². The smallest absolute Gasteiger partial charge is 0.338 e. The minimum atomic E-state index is -3.59. The second-order valence-electron chi connectivity index (χ2n) is 7.50. The number of ketones is 1. The Hall–Kier alpha value is -2.97. The van der Waals surface area contributed by atoms with Crippen molar-refractivity contribution in [3.63, 3.8) is 0 Å². The molecule has 1 fully saturated rings. The van der Waals surface area contributed by atoms with Crippen LogP contribution < -0.4 is 4.72 Å². The molecule has 0 amide bonds. The van der Waals surface area contributed by atoms with Gasteiger partial charge in [-0.15, -0.1) is 0 Å². The number of Topliss-reactive ketones (excluding diaryl/α,β-unsaturated/α-hetero) is 1. The van der Waals surface area contributed by atoms with Crippen molar-refractivity contribution in [3.05, 3.63) is 65.4 Å². The van der Waals surface area contributed by atoms with E-state index in [-0.39, 0.29) is 22.3 Å². The van der Waals surface area contributed by atoms with Gasteiger partial charge in [-0.25, -0.2) is 17.9 Å². The molecule has 3 aromatic rings. The van der Waals surface area contributed by atoms with E-state index in [1.165, 1.54) is 31.2 Å². The molecule has 7 nitrogen and oxygen atoms in total. The van der Waals surface area contributed by atoms with E-state index < -0.39 is 22.1 Å². The SMILES string of the molecule is Cc1[nH]c2ccccc2c1C(=O)C(C)OC(=O)c1ccc(S(=O)(=O)NC2CC2)cc1. The maximum Gasteiger partial charge on any atom is 0.338 e. The molecular weight excluding hydrogens is 404 g/mol. The normalized spacial score (nSPS) is 15.1. The number of rotatable bonds is 7. The highest BCUT2D eigenvalue weighted by atomic mass is 32.2. The lowest BCUT2D eigenvalue weighted by atomic mass is 10.0. The lowest BCUT2D eigenvalue weighted by Crippen LogP contribution is -2.26. The molecule has 0 aliphatic heterocycles. The second-order valence-corrected chi connectivity index (χ2v) is 9.22. The van der Waals surface area contributed by atoms with Gasteiger partial charge in [0.05, 0.1) is 10.5 Å². The van der Waals surface area contributed by atoms with E-state index in [0.29, 0.717) is 11.3 Å². The molecule has 0 radical (unpaired) electrons. The number of hydrogen-bond donors (Lipinski definition) is 2. The Kier molecular flexibility index (Phi) is 5.21. The first-order valence-electron chi connectivity index (χ1n) is 9.71. The van der Waals surface area contributed by atoms with Gasteiger partial charge in [0.15, 0.2) is 6.10 Å². The van der Waals surface area contributed by atoms with Crippen molar-refractivity contribution in [3.8, 4) is 0 Å². The fraction of sp³-hybridized carbons (Fsp3) is 0.273. The van der Waals surface area contributed by atoms with Crippen LogP contribution in [-0.2, 0) is 14.8 Å². The number of nitrogens with one attached hydrogen (secondary N) is 2. The van der Waals surface area contributed by atoms with Gasteiger partial charge in [-0.3, -0.25) is 4.79 Å². The third kappa shape index (κ3) is 4.01. The summed E-state index contributed by atoms with van der Waals surface area (Å²) in [5, 5.41) is 0.778. The van der Waals surface area contributed by atoms with E-state index in [9.17, 15) is 18.0 Å². The molecule has 1 aliphatic rings. The van der Waals surface area contributed by atoms with Crippen LogP contribution >= 0.6 is 0 Å². The molecule has 1 atom stereocenters. The third-order valence-electron chi connectivity index (χ3n) is 5.09. The van der Waals surface area contributed by atoms with Gasteiger partial charge in [0.2, 0.25) is 15.8 Å². The van der Waals surface area contributed by atoms with Gasteiger partial charge in [-0.05, 0) is 57.0 Å². The molecule has 8 heteroatoms. The molecule has 1 aromatic heterocycles. The number of aromatic amines is 1. The molecule has 1 heterocycles. The molecule has 30 heavy (non-hydrogen) atoms. The predicted molar refractivity (Wildman–Crippen MR) is 112 cm³/mol. The van der Waals surface area contributed by atoms with Crippen LogP contribution in [0.1, 0.15) is 46.2 Å². The van der Waals surface area contributed by atoms with Crippen molar-refractivity contribution in [2.45, 2.75) is 43.7 Å². The number of sulfonamides is 1. The van der Waals surface area contributed by atoms with Crippen molar-refractivity contribution in [1.82, 2.24) is 9.71 Å². The Morgan fingerprint density at radius 3 is 2.43 bits per heavy atom. The molecule has 0 spiro atoms. The zero-order valence-electron chi connectivity index (χ0n) is 16.6. The van der Waals surface area contributed by atoms with E-state index in [1.807, 2.05) is 24.3 Å². The standard InChI is InChI=1S/C22H22N2O5S/c1-13-20(18-5-3-4-6-19(18)23-13)21(25)14(2)29-22(26)15-7-11-17(12-8-15)30(27,28)24-16-9-10-16/h3-8,11-12,14,16,23-24H,9-10H2,1-2H3. The van der Waals surface area contributed by atoms with Crippen molar-refractivity contribution >= 4 is 32.7 Å². The minimum Gasteiger partial charge on any atom is -0.451 e. The number of aromatic nitrogens is 1. The molecule has 2 N–H and O–H groups in total. The number of H-pyrrole nitrogens is 1. The van der Waals surface area contributed by atoms with E-state index >= 15 is 0 Å². The summed E-state index contributed by atoms with van der Waals surface area (Å²) in [6, 6.07) is 12.9. The van der Waals surface area contributed by atoms with Gasteiger partial charge < -0.3 is 9.72 Å². The summed E-state index contributed by atoms with van der Waals surface area (Å²) in [4.78, 5) is 28.6. The molecule has 0 bridgehead atoms. The first-order valence-corrected chi connectivity index (χ1v) is 11.2. The number of carbonyl (C=O) groups excluding carboxylic acids is 2. The number of aryl methyl sites for hydroxylation is 1. The molecule has 0 saturated heterocycles. The Bertz CT molecular complexity index is 1220. The lowest BCUT2D eigenvalue weighted by molar-refractivity contribution is 0.0319. The average Bonchev–Trinajstić information content (AvgIpc) is 3.45. The number of hydrogen-bond acceptors (Lipinski definition) is 5. The predicted octanol–water partition coefficient (Wildman–Crippen LogP) is 3.35. The third-order valence-corrected chi connectivity index (χ3v) is 6.63. The highest BCUT2D eigenvalue weighted by molar-refractivity contribution is 7.89. The molecule has 1 saturated carbocycles. The second kappa shape index (κ2) is 7.70. The summed E-state index contributed by atoms with van der Waals surface area (Å²) in [5.41, 5.74) is 2.23. The number of carbonyl (C=O) groups is 2. The van der Waals surface area contributed by atoms with Gasteiger partial charge in [-0.1, -0.05) is 18.2 Å². The van der Waals surface area contributed by atoms with Crippen LogP contribution in [0.3, 0.4) is 0 Å². The van der Waals surface area contributed by atoms with Gasteiger partial charge in [0, 0.05) is 28.2 Å². The lowest BCUT2D eigenvalue weighted by Gasteiger charge is -2.13. The van der Waals surface area contributed by atoms with Crippen molar-refractivity contribution in [2.24, 2.45) is 0 Å². The number of esters is 1. The molecule has 4 rings (SSSR count).